The van der Waals surface area contributed by atoms with E-state index in [0.29, 0.717) is 17.9 Å². The van der Waals surface area contributed by atoms with Crippen molar-refractivity contribution in [3.63, 3.8) is 0 Å². The average Bonchev–Trinajstić information content (AvgIpc) is 3.27. The molecule has 1 unspecified atom stereocenters. The summed E-state index contributed by atoms with van der Waals surface area (Å²) in [6.07, 6.45) is 4.90. The number of benzene rings is 1. The normalized spacial score (nSPS) is 17.1. The van der Waals surface area contributed by atoms with Gasteiger partial charge in [-0.05, 0) is 43.9 Å². The lowest BCUT2D eigenvalue weighted by Crippen LogP contribution is -2.39. The number of amides is 1. The largest absolute Gasteiger partial charge is 0.356 e. The molecular formula is C21H23FN4O2. The van der Waals surface area contributed by atoms with Crippen molar-refractivity contribution in [1.82, 2.24) is 19.8 Å². The standard InChI is InChI=1S/C21H23FN4O2/c1-14-10-19(28-24-14)17-13-25(2)23-21(17)18-8-3-4-9-26(18)20(27)12-15-6-5-7-16(22)11-15/h5-7,10-11,13,18H,3-4,8-9,12H2,1-2H3. The van der Waals surface area contributed by atoms with E-state index >= 15 is 0 Å². The van der Waals surface area contributed by atoms with Crippen LogP contribution in [-0.4, -0.2) is 32.3 Å². The molecule has 1 aliphatic rings. The van der Waals surface area contributed by atoms with Crippen LogP contribution in [0.25, 0.3) is 11.3 Å². The van der Waals surface area contributed by atoms with Gasteiger partial charge in [0.15, 0.2) is 5.76 Å². The van der Waals surface area contributed by atoms with Crippen LogP contribution in [0, 0.1) is 12.7 Å². The second kappa shape index (κ2) is 7.58. The fourth-order valence-corrected chi connectivity index (χ4v) is 3.87. The Morgan fingerprint density at radius 3 is 2.93 bits per heavy atom. The molecule has 6 nitrogen and oxygen atoms in total. The Labute approximate surface area is 162 Å². The van der Waals surface area contributed by atoms with E-state index in [9.17, 15) is 9.18 Å². The quantitative estimate of drug-likeness (QED) is 0.688. The zero-order valence-electron chi connectivity index (χ0n) is 16.1. The van der Waals surface area contributed by atoms with Gasteiger partial charge >= 0.3 is 0 Å². The molecule has 1 aliphatic heterocycles. The SMILES string of the molecule is Cc1cc(-c2cn(C)nc2C2CCCCN2C(=O)Cc2cccc(F)c2)on1. The van der Waals surface area contributed by atoms with Crippen LogP contribution in [0.3, 0.4) is 0 Å². The average molecular weight is 382 g/mol. The van der Waals surface area contributed by atoms with Gasteiger partial charge in [0, 0.05) is 25.9 Å². The van der Waals surface area contributed by atoms with Crippen molar-refractivity contribution in [3.8, 4) is 11.3 Å². The summed E-state index contributed by atoms with van der Waals surface area (Å²) in [4.78, 5) is 14.9. The van der Waals surface area contributed by atoms with E-state index in [1.54, 1.807) is 16.8 Å². The maximum atomic E-state index is 13.5. The van der Waals surface area contributed by atoms with Crippen molar-refractivity contribution in [1.29, 1.82) is 0 Å². The molecule has 0 radical (unpaired) electrons. The third kappa shape index (κ3) is 3.69. The molecule has 1 saturated heterocycles. The summed E-state index contributed by atoms with van der Waals surface area (Å²) in [6.45, 7) is 2.54. The monoisotopic (exact) mass is 382 g/mol. The first-order valence-corrected chi connectivity index (χ1v) is 9.52. The molecule has 2 aromatic heterocycles. The Morgan fingerprint density at radius 1 is 1.32 bits per heavy atom. The number of rotatable bonds is 4. The van der Waals surface area contributed by atoms with Crippen LogP contribution in [0.1, 0.15) is 42.3 Å². The number of aryl methyl sites for hydroxylation is 2. The molecule has 4 rings (SSSR count). The van der Waals surface area contributed by atoms with Crippen molar-refractivity contribution in [3.05, 3.63) is 59.3 Å². The second-order valence-electron chi connectivity index (χ2n) is 7.34. The van der Waals surface area contributed by atoms with E-state index in [1.165, 1.54) is 12.1 Å². The molecule has 1 atom stereocenters. The highest BCUT2D eigenvalue weighted by atomic mass is 19.1. The number of likely N-dealkylation sites (tertiary alicyclic amines) is 1. The predicted molar refractivity (Wildman–Crippen MR) is 102 cm³/mol. The molecular weight excluding hydrogens is 359 g/mol. The van der Waals surface area contributed by atoms with Crippen molar-refractivity contribution >= 4 is 5.91 Å². The van der Waals surface area contributed by atoms with Gasteiger partial charge in [0.2, 0.25) is 5.91 Å². The maximum Gasteiger partial charge on any atom is 0.227 e. The molecule has 0 bridgehead atoms. The number of hydrogen-bond acceptors (Lipinski definition) is 4. The van der Waals surface area contributed by atoms with Crippen LogP contribution < -0.4 is 0 Å². The molecule has 1 fully saturated rings. The Bertz CT molecular complexity index is 994. The Hall–Kier alpha value is -2.96. The van der Waals surface area contributed by atoms with Crippen molar-refractivity contribution in [2.24, 2.45) is 7.05 Å². The minimum absolute atomic E-state index is 0.0133. The lowest BCUT2D eigenvalue weighted by molar-refractivity contribution is -0.134. The Kier molecular flexibility index (Phi) is 4.98. The topological polar surface area (TPSA) is 64.2 Å². The highest BCUT2D eigenvalue weighted by Crippen LogP contribution is 2.36. The molecule has 28 heavy (non-hydrogen) atoms. The number of halogens is 1. The molecule has 0 N–H and O–H groups in total. The molecule has 7 heteroatoms. The van der Waals surface area contributed by atoms with Crippen LogP contribution in [0.5, 0.6) is 0 Å². The van der Waals surface area contributed by atoms with Crippen LogP contribution in [0.4, 0.5) is 4.39 Å². The van der Waals surface area contributed by atoms with Crippen LogP contribution >= 0.6 is 0 Å². The lowest BCUT2D eigenvalue weighted by Gasteiger charge is -2.35. The van der Waals surface area contributed by atoms with Gasteiger partial charge in [0.05, 0.1) is 29.4 Å². The van der Waals surface area contributed by atoms with Gasteiger partial charge in [-0.25, -0.2) is 4.39 Å². The number of hydrogen-bond donors (Lipinski definition) is 0. The van der Waals surface area contributed by atoms with Crippen LogP contribution in [0.2, 0.25) is 0 Å². The summed E-state index contributed by atoms with van der Waals surface area (Å²) in [6, 6.07) is 7.97. The first-order chi connectivity index (χ1) is 13.5. The van der Waals surface area contributed by atoms with E-state index in [1.807, 2.05) is 31.1 Å². The predicted octanol–water partition coefficient (Wildman–Crippen LogP) is 3.82. The van der Waals surface area contributed by atoms with Gasteiger partial charge < -0.3 is 9.42 Å². The molecule has 0 saturated carbocycles. The third-order valence-corrected chi connectivity index (χ3v) is 5.13. The van der Waals surface area contributed by atoms with Gasteiger partial charge in [-0.1, -0.05) is 17.3 Å². The summed E-state index contributed by atoms with van der Waals surface area (Å²) in [5, 5.41) is 8.63. The Morgan fingerprint density at radius 2 is 2.18 bits per heavy atom. The fourth-order valence-electron chi connectivity index (χ4n) is 3.87. The van der Waals surface area contributed by atoms with Crippen molar-refractivity contribution in [2.75, 3.05) is 6.54 Å². The second-order valence-corrected chi connectivity index (χ2v) is 7.34. The van der Waals surface area contributed by atoms with Crippen LogP contribution in [-0.2, 0) is 18.3 Å². The lowest BCUT2D eigenvalue weighted by atomic mass is 9.95. The number of nitrogens with zero attached hydrogens (tertiary/aromatic N) is 4. The van der Waals surface area contributed by atoms with Crippen molar-refractivity contribution < 1.29 is 13.7 Å². The van der Waals surface area contributed by atoms with E-state index in [0.717, 1.165) is 36.2 Å². The number of aromatic nitrogens is 3. The number of piperidine rings is 1. The molecule has 1 amide bonds. The Balaban J connectivity index is 1.63. The minimum atomic E-state index is -0.326. The molecule has 3 aromatic rings. The van der Waals surface area contributed by atoms with E-state index < -0.39 is 0 Å². The summed E-state index contributed by atoms with van der Waals surface area (Å²) in [5.41, 5.74) is 3.17. The molecule has 0 aliphatic carbocycles. The highest BCUT2D eigenvalue weighted by Gasteiger charge is 2.32. The molecule has 146 valence electrons. The van der Waals surface area contributed by atoms with Crippen LogP contribution in [0.15, 0.2) is 41.1 Å². The zero-order valence-corrected chi connectivity index (χ0v) is 16.1. The molecule has 3 heterocycles. The fraction of sp³-hybridized carbons (Fsp3) is 0.381. The summed E-state index contributed by atoms with van der Waals surface area (Å²) >= 11 is 0. The first kappa shape index (κ1) is 18.4. The number of carbonyl (C=O) groups is 1. The van der Waals surface area contributed by atoms with E-state index in [-0.39, 0.29) is 24.2 Å². The summed E-state index contributed by atoms with van der Waals surface area (Å²) in [5.74, 6) is 0.317. The third-order valence-electron chi connectivity index (χ3n) is 5.13. The minimum Gasteiger partial charge on any atom is -0.356 e. The van der Waals surface area contributed by atoms with Crippen molar-refractivity contribution in [2.45, 2.75) is 38.6 Å². The summed E-state index contributed by atoms with van der Waals surface area (Å²) < 4.78 is 20.7. The van der Waals surface area contributed by atoms with Gasteiger partial charge in [-0.15, -0.1) is 0 Å². The maximum absolute atomic E-state index is 13.5. The van der Waals surface area contributed by atoms with Gasteiger partial charge in [0.1, 0.15) is 5.82 Å². The first-order valence-electron chi connectivity index (χ1n) is 9.52. The van der Waals surface area contributed by atoms with Gasteiger partial charge in [0.25, 0.3) is 0 Å². The number of carbonyl (C=O) groups excluding carboxylic acids is 1. The van der Waals surface area contributed by atoms with E-state index in [2.05, 4.69) is 10.3 Å². The van der Waals surface area contributed by atoms with Gasteiger partial charge in [-0.3, -0.25) is 9.48 Å². The zero-order chi connectivity index (χ0) is 19.7. The summed E-state index contributed by atoms with van der Waals surface area (Å²) in [7, 11) is 1.86. The highest BCUT2D eigenvalue weighted by molar-refractivity contribution is 5.79. The molecule has 0 spiro atoms. The van der Waals surface area contributed by atoms with E-state index in [4.69, 9.17) is 4.52 Å². The smallest absolute Gasteiger partial charge is 0.227 e. The molecule has 1 aromatic carbocycles. The van der Waals surface area contributed by atoms with Gasteiger partial charge in [-0.2, -0.15) is 5.10 Å².